The minimum absolute atomic E-state index is 0.0213. The van der Waals surface area contributed by atoms with Crippen LogP contribution in [0.4, 0.5) is 18.9 Å². The van der Waals surface area contributed by atoms with Crippen LogP contribution < -0.4 is 5.32 Å². The molecule has 36 heavy (non-hydrogen) atoms. The summed E-state index contributed by atoms with van der Waals surface area (Å²) in [5, 5.41) is 2.16. The summed E-state index contributed by atoms with van der Waals surface area (Å²) in [6.07, 6.45) is -3.98. The zero-order valence-corrected chi connectivity index (χ0v) is 21.7. The number of rotatable bonds is 8. The number of hydrogen-bond donors (Lipinski definition) is 2. The summed E-state index contributed by atoms with van der Waals surface area (Å²) < 4.78 is 63.7. The Labute approximate surface area is 215 Å². The number of hydrogen-bond acceptors (Lipinski definition) is 3. The highest BCUT2D eigenvalue weighted by molar-refractivity contribution is 7.72. The predicted octanol–water partition coefficient (Wildman–Crippen LogP) is 7.08. The third-order valence-electron chi connectivity index (χ3n) is 5.72. The molecule has 4 nitrogen and oxygen atoms in total. The highest BCUT2D eigenvalue weighted by atomic mass is 35.5. The van der Waals surface area contributed by atoms with Gasteiger partial charge in [0.15, 0.2) is 0 Å². The van der Waals surface area contributed by atoms with E-state index in [0.717, 1.165) is 0 Å². The maximum absolute atomic E-state index is 13.8. The Morgan fingerprint density at radius 3 is 2.08 bits per heavy atom. The van der Waals surface area contributed by atoms with Crippen LogP contribution >= 0.6 is 11.6 Å². The number of nitrogens with one attached hydrogen (secondary N) is 1. The third kappa shape index (κ3) is 7.11. The van der Waals surface area contributed by atoms with Crippen LogP contribution in [-0.2, 0) is 34.5 Å². The van der Waals surface area contributed by atoms with Crippen LogP contribution in [0, 0.1) is 5.92 Å². The lowest BCUT2D eigenvalue weighted by atomic mass is 9.94. The molecule has 1 N–H and O–H groups in total. The number of carbonyl (C=O) groups is 1. The second-order valence-electron chi connectivity index (χ2n) is 9.10. The normalized spacial score (nSPS) is 12.7. The summed E-state index contributed by atoms with van der Waals surface area (Å²) in [6, 6.07) is 15.4. The fraction of sp³-hybridized carbons (Fsp3) is 0.296. The maximum Gasteiger partial charge on any atom is 0.417 e. The van der Waals surface area contributed by atoms with Crippen molar-refractivity contribution < 1.29 is 26.4 Å². The van der Waals surface area contributed by atoms with Crippen molar-refractivity contribution in [2.45, 2.75) is 45.0 Å². The zero-order chi connectivity index (χ0) is 26.6. The standard InChI is InChI=1S/C27H27ClF3NO3S/c1-16(2)12-19-6-10-22(24(13-19)27(29,30)31)23-11-9-21(15-25(23)28)32-26(33)14-18-4-7-20(8-5-18)17(3)36(34)35/h4-11,13,15-17,36H,12,14H2,1-3H3,(H,32,33). The molecule has 0 heterocycles. The summed E-state index contributed by atoms with van der Waals surface area (Å²) in [4.78, 5) is 12.5. The molecule has 1 amide bonds. The van der Waals surface area contributed by atoms with Crippen LogP contribution in [-0.4, -0.2) is 14.3 Å². The SMILES string of the molecule is CC(C)Cc1ccc(-c2ccc(NC(=O)Cc3ccc(C(C)[SH](=O)=O)cc3)cc2Cl)c(C(F)(F)F)c1. The molecule has 0 aliphatic rings. The van der Waals surface area contributed by atoms with Crippen molar-refractivity contribution in [1.29, 1.82) is 0 Å². The van der Waals surface area contributed by atoms with Gasteiger partial charge in [-0.2, -0.15) is 13.2 Å². The van der Waals surface area contributed by atoms with Gasteiger partial charge in [-0.15, -0.1) is 0 Å². The van der Waals surface area contributed by atoms with Crippen LogP contribution in [0.15, 0.2) is 60.7 Å². The molecular formula is C27H27ClF3NO3S. The summed E-state index contributed by atoms with van der Waals surface area (Å²) in [7, 11) is -2.59. The van der Waals surface area contributed by atoms with E-state index >= 15 is 0 Å². The number of alkyl halides is 3. The molecule has 1 unspecified atom stereocenters. The Morgan fingerprint density at radius 2 is 1.53 bits per heavy atom. The van der Waals surface area contributed by atoms with E-state index in [4.69, 9.17) is 11.6 Å². The van der Waals surface area contributed by atoms with Crippen molar-refractivity contribution >= 4 is 33.9 Å². The van der Waals surface area contributed by atoms with Gasteiger partial charge in [0.2, 0.25) is 5.91 Å². The highest BCUT2D eigenvalue weighted by Crippen LogP contribution is 2.41. The first-order valence-corrected chi connectivity index (χ1v) is 13.0. The van der Waals surface area contributed by atoms with Crippen molar-refractivity contribution in [2.75, 3.05) is 5.32 Å². The minimum Gasteiger partial charge on any atom is -0.326 e. The van der Waals surface area contributed by atoms with Crippen LogP contribution in [0.3, 0.4) is 0 Å². The van der Waals surface area contributed by atoms with Gasteiger partial charge >= 0.3 is 6.18 Å². The van der Waals surface area contributed by atoms with Crippen LogP contribution in [0.1, 0.15) is 48.3 Å². The smallest absolute Gasteiger partial charge is 0.326 e. The van der Waals surface area contributed by atoms with E-state index in [-0.39, 0.29) is 34.4 Å². The molecule has 192 valence electrons. The Hall–Kier alpha value is -2.84. The fourth-order valence-electron chi connectivity index (χ4n) is 3.90. The summed E-state index contributed by atoms with van der Waals surface area (Å²) >= 11 is 6.36. The average Bonchev–Trinajstić information content (AvgIpc) is 2.78. The molecule has 0 aliphatic heterocycles. The summed E-state index contributed by atoms with van der Waals surface area (Å²) in [6.45, 7) is 5.47. The Morgan fingerprint density at radius 1 is 0.917 bits per heavy atom. The van der Waals surface area contributed by atoms with E-state index in [1.807, 2.05) is 13.8 Å². The molecule has 1 atom stereocenters. The molecule has 0 spiro atoms. The minimum atomic E-state index is -4.55. The van der Waals surface area contributed by atoms with E-state index in [2.05, 4.69) is 5.32 Å². The van der Waals surface area contributed by atoms with Gasteiger partial charge in [-0.1, -0.05) is 67.9 Å². The Kier molecular flexibility index (Phi) is 8.84. The molecule has 0 bridgehead atoms. The van der Waals surface area contributed by atoms with E-state index in [9.17, 15) is 26.4 Å². The second kappa shape index (κ2) is 11.5. The number of carbonyl (C=O) groups excluding carboxylic acids is 1. The molecule has 3 rings (SSSR count). The first kappa shape index (κ1) is 27.7. The monoisotopic (exact) mass is 537 g/mol. The maximum atomic E-state index is 13.8. The first-order chi connectivity index (χ1) is 16.8. The van der Waals surface area contributed by atoms with Gasteiger partial charge in [-0.05, 0) is 59.7 Å². The molecule has 0 radical (unpaired) electrons. The molecular weight excluding hydrogens is 511 g/mol. The summed E-state index contributed by atoms with van der Waals surface area (Å²) in [5.41, 5.74) is 1.72. The lowest BCUT2D eigenvalue weighted by Gasteiger charge is -2.17. The lowest BCUT2D eigenvalue weighted by Crippen LogP contribution is -2.14. The topological polar surface area (TPSA) is 63.2 Å². The van der Waals surface area contributed by atoms with Gasteiger partial charge in [0, 0.05) is 11.3 Å². The third-order valence-corrected chi connectivity index (χ3v) is 6.96. The van der Waals surface area contributed by atoms with Crippen molar-refractivity contribution in [2.24, 2.45) is 5.92 Å². The van der Waals surface area contributed by atoms with Crippen LogP contribution in [0.25, 0.3) is 11.1 Å². The van der Waals surface area contributed by atoms with Crippen molar-refractivity contribution in [3.63, 3.8) is 0 Å². The Balaban J connectivity index is 1.78. The van der Waals surface area contributed by atoms with E-state index in [1.165, 1.54) is 30.3 Å². The molecule has 0 fully saturated rings. The quantitative estimate of drug-likeness (QED) is 0.302. The Bertz CT molecular complexity index is 1310. The predicted molar refractivity (Wildman–Crippen MR) is 138 cm³/mol. The molecule has 0 aliphatic carbocycles. The number of amides is 1. The van der Waals surface area contributed by atoms with E-state index in [1.54, 1.807) is 37.3 Å². The number of anilines is 1. The van der Waals surface area contributed by atoms with Gasteiger partial charge in [-0.3, -0.25) is 4.79 Å². The van der Waals surface area contributed by atoms with E-state index < -0.39 is 27.7 Å². The second-order valence-corrected chi connectivity index (χ2v) is 10.9. The lowest BCUT2D eigenvalue weighted by molar-refractivity contribution is -0.137. The highest BCUT2D eigenvalue weighted by Gasteiger charge is 2.34. The van der Waals surface area contributed by atoms with Crippen LogP contribution in [0.5, 0.6) is 0 Å². The largest absolute Gasteiger partial charge is 0.417 e. The summed E-state index contributed by atoms with van der Waals surface area (Å²) in [5.74, 6) is -0.128. The molecule has 9 heteroatoms. The molecule has 0 aromatic heterocycles. The number of halogens is 4. The average molecular weight is 538 g/mol. The van der Waals surface area contributed by atoms with Crippen molar-refractivity contribution in [1.82, 2.24) is 0 Å². The van der Waals surface area contributed by atoms with Crippen molar-refractivity contribution in [3.8, 4) is 11.1 Å². The van der Waals surface area contributed by atoms with Gasteiger partial charge in [-0.25, -0.2) is 8.42 Å². The molecule has 3 aromatic carbocycles. The van der Waals surface area contributed by atoms with E-state index in [0.29, 0.717) is 28.8 Å². The van der Waals surface area contributed by atoms with Crippen LogP contribution in [0.2, 0.25) is 5.02 Å². The first-order valence-electron chi connectivity index (χ1n) is 11.4. The molecule has 0 saturated heterocycles. The van der Waals surface area contributed by atoms with Crippen molar-refractivity contribution in [3.05, 3.63) is 87.9 Å². The number of benzene rings is 3. The number of thiol groups is 1. The van der Waals surface area contributed by atoms with Gasteiger partial charge in [0.1, 0.15) is 10.7 Å². The molecule has 0 saturated carbocycles. The van der Waals surface area contributed by atoms with Gasteiger partial charge < -0.3 is 5.32 Å². The fourth-order valence-corrected chi connectivity index (χ4v) is 4.59. The molecule has 3 aromatic rings. The zero-order valence-electron chi connectivity index (χ0n) is 20.0. The van der Waals surface area contributed by atoms with Gasteiger partial charge in [0.25, 0.3) is 0 Å². The van der Waals surface area contributed by atoms with Gasteiger partial charge in [0.05, 0.1) is 22.3 Å².